The highest BCUT2D eigenvalue weighted by Gasteiger charge is 2.14. The maximum atomic E-state index is 12.4. The van der Waals surface area contributed by atoms with Gasteiger partial charge < -0.3 is 10.6 Å². The number of carbonyl (C=O) groups excluding carboxylic acids is 1. The molecule has 7 nitrogen and oxygen atoms in total. The Morgan fingerprint density at radius 2 is 1.72 bits per heavy atom. The van der Waals surface area contributed by atoms with Gasteiger partial charge in [0, 0.05) is 19.2 Å². The Morgan fingerprint density at radius 1 is 1.08 bits per heavy atom. The van der Waals surface area contributed by atoms with Gasteiger partial charge in [0.05, 0.1) is 16.8 Å². The lowest BCUT2D eigenvalue weighted by atomic mass is 10.2. The van der Waals surface area contributed by atoms with E-state index in [1.54, 1.807) is 18.3 Å². The summed E-state index contributed by atoms with van der Waals surface area (Å²) in [4.78, 5) is 15.2. The van der Waals surface area contributed by atoms with Crippen molar-refractivity contribution in [2.75, 3.05) is 21.9 Å². The quantitative estimate of drug-likeness (QED) is 0.703. The standard InChI is InChI=1S/C17H22N4O3S/c1-12(2)10-18-15-6-9-17(19-11-15)21-25(23,24)16-7-4-14(5-8-16)20-13(3)22/h4-9,11-12,18H,10H2,1-3H3,(H,19,21)(H,20,22). The Kier molecular flexibility index (Phi) is 5.97. The van der Waals surface area contributed by atoms with Crippen LogP contribution in [0.4, 0.5) is 17.2 Å². The van der Waals surface area contributed by atoms with Crippen molar-refractivity contribution in [1.82, 2.24) is 4.98 Å². The summed E-state index contributed by atoms with van der Waals surface area (Å²) in [6.45, 7) is 6.39. The van der Waals surface area contributed by atoms with E-state index in [-0.39, 0.29) is 16.6 Å². The molecule has 1 aromatic heterocycles. The van der Waals surface area contributed by atoms with Crippen LogP contribution in [0.3, 0.4) is 0 Å². The molecule has 8 heteroatoms. The normalized spacial score (nSPS) is 11.2. The number of benzene rings is 1. The van der Waals surface area contributed by atoms with Gasteiger partial charge in [0.2, 0.25) is 5.91 Å². The van der Waals surface area contributed by atoms with Crippen LogP contribution in [0.15, 0.2) is 47.5 Å². The van der Waals surface area contributed by atoms with Gasteiger partial charge in [0.15, 0.2) is 0 Å². The first-order valence-electron chi connectivity index (χ1n) is 7.86. The Hall–Kier alpha value is -2.61. The topological polar surface area (TPSA) is 100 Å². The molecule has 0 spiro atoms. The number of amides is 1. The lowest BCUT2D eigenvalue weighted by molar-refractivity contribution is -0.114. The second-order valence-corrected chi connectivity index (χ2v) is 7.70. The molecular formula is C17H22N4O3S. The number of carbonyl (C=O) groups is 1. The van der Waals surface area contributed by atoms with E-state index in [0.29, 0.717) is 11.6 Å². The van der Waals surface area contributed by atoms with Gasteiger partial charge in [-0.3, -0.25) is 9.52 Å². The molecular weight excluding hydrogens is 340 g/mol. The molecule has 0 bridgehead atoms. The third-order valence-corrected chi connectivity index (χ3v) is 4.57. The summed E-state index contributed by atoms with van der Waals surface area (Å²) in [5.74, 6) is 0.517. The Balaban J connectivity index is 2.06. The SMILES string of the molecule is CC(=O)Nc1ccc(S(=O)(=O)Nc2ccc(NCC(C)C)cn2)cc1. The molecule has 2 rings (SSSR count). The first kappa shape index (κ1) is 18.7. The van der Waals surface area contributed by atoms with Crippen molar-refractivity contribution in [1.29, 1.82) is 0 Å². The summed E-state index contributed by atoms with van der Waals surface area (Å²) in [6.07, 6.45) is 1.58. The van der Waals surface area contributed by atoms with Crippen LogP contribution >= 0.6 is 0 Å². The molecule has 134 valence electrons. The van der Waals surface area contributed by atoms with Crippen molar-refractivity contribution in [3.05, 3.63) is 42.6 Å². The minimum absolute atomic E-state index is 0.0883. The fourth-order valence-electron chi connectivity index (χ4n) is 2.00. The second kappa shape index (κ2) is 7.98. The first-order chi connectivity index (χ1) is 11.8. The third kappa shape index (κ3) is 5.75. The molecule has 0 saturated heterocycles. The average Bonchev–Trinajstić information content (AvgIpc) is 2.54. The van der Waals surface area contributed by atoms with Crippen LogP contribution in [-0.2, 0) is 14.8 Å². The molecule has 0 aliphatic carbocycles. The Morgan fingerprint density at radius 3 is 2.24 bits per heavy atom. The molecule has 3 N–H and O–H groups in total. The van der Waals surface area contributed by atoms with E-state index >= 15 is 0 Å². The zero-order chi connectivity index (χ0) is 18.4. The fourth-order valence-corrected chi connectivity index (χ4v) is 3.01. The molecule has 2 aromatic rings. The van der Waals surface area contributed by atoms with E-state index in [1.165, 1.54) is 31.2 Å². The highest BCUT2D eigenvalue weighted by Crippen LogP contribution is 2.18. The highest BCUT2D eigenvalue weighted by atomic mass is 32.2. The molecule has 0 unspecified atom stereocenters. The maximum absolute atomic E-state index is 12.4. The number of hydrogen-bond acceptors (Lipinski definition) is 5. The van der Waals surface area contributed by atoms with Gasteiger partial charge >= 0.3 is 0 Å². The van der Waals surface area contributed by atoms with Crippen molar-refractivity contribution in [2.24, 2.45) is 5.92 Å². The fraction of sp³-hybridized carbons (Fsp3) is 0.294. The molecule has 0 fully saturated rings. The van der Waals surface area contributed by atoms with Crippen LogP contribution < -0.4 is 15.4 Å². The molecule has 1 heterocycles. The van der Waals surface area contributed by atoms with Crippen molar-refractivity contribution in [3.63, 3.8) is 0 Å². The zero-order valence-electron chi connectivity index (χ0n) is 14.4. The van der Waals surface area contributed by atoms with Gasteiger partial charge in [-0.15, -0.1) is 0 Å². The average molecular weight is 362 g/mol. The van der Waals surface area contributed by atoms with Crippen LogP contribution in [0.2, 0.25) is 0 Å². The van der Waals surface area contributed by atoms with Gasteiger partial charge in [0.1, 0.15) is 5.82 Å². The smallest absolute Gasteiger partial charge is 0.263 e. The lowest BCUT2D eigenvalue weighted by Crippen LogP contribution is -2.14. The van der Waals surface area contributed by atoms with Crippen LogP contribution in [-0.4, -0.2) is 25.9 Å². The number of sulfonamides is 1. The van der Waals surface area contributed by atoms with Crippen molar-refractivity contribution >= 4 is 33.1 Å². The number of nitrogens with one attached hydrogen (secondary N) is 3. The highest BCUT2D eigenvalue weighted by molar-refractivity contribution is 7.92. The molecule has 0 aliphatic heterocycles. The number of hydrogen-bond donors (Lipinski definition) is 3. The van der Waals surface area contributed by atoms with E-state index in [4.69, 9.17) is 0 Å². The minimum Gasteiger partial charge on any atom is -0.384 e. The summed E-state index contributed by atoms with van der Waals surface area (Å²) < 4.78 is 27.2. The zero-order valence-corrected chi connectivity index (χ0v) is 15.2. The minimum atomic E-state index is -3.74. The predicted molar refractivity (Wildman–Crippen MR) is 99.1 cm³/mol. The summed E-state index contributed by atoms with van der Waals surface area (Å²) in [5.41, 5.74) is 1.36. The molecule has 0 aliphatic rings. The number of nitrogens with zero attached hydrogens (tertiary/aromatic N) is 1. The molecule has 1 aromatic carbocycles. The van der Waals surface area contributed by atoms with E-state index in [2.05, 4.69) is 34.2 Å². The molecule has 25 heavy (non-hydrogen) atoms. The maximum Gasteiger partial charge on any atom is 0.263 e. The molecule has 0 radical (unpaired) electrons. The van der Waals surface area contributed by atoms with Crippen LogP contribution in [0.25, 0.3) is 0 Å². The van der Waals surface area contributed by atoms with Crippen molar-refractivity contribution in [2.45, 2.75) is 25.7 Å². The van der Waals surface area contributed by atoms with E-state index < -0.39 is 10.0 Å². The van der Waals surface area contributed by atoms with Crippen LogP contribution in [0.1, 0.15) is 20.8 Å². The largest absolute Gasteiger partial charge is 0.384 e. The third-order valence-electron chi connectivity index (χ3n) is 3.20. The van der Waals surface area contributed by atoms with Crippen LogP contribution in [0, 0.1) is 5.92 Å². The van der Waals surface area contributed by atoms with Crippen molar-refractivity contribution < 1.29 is 13.2 Å². The summed E-state index contributed by atoms with van der Waals surface area (Å²) >= 11 is 0. The number of pyridine rings is 1. The summed E-state index contributed by atoms with van der Waals surface area (Å²) in [7, 11) is -3.74. The monoisotopic (exact) mass is 362 g/mol. The molecule has 1 amide bonds. The summed E-state index contributed by atoms with van der Waals surface area (Å²) in [5, 5.41) is 5.80. The Labute approximate surface area is 147 Å². The second-order valence-electron chi connectivity index (χ2n) is 6.02. The first-order valence-corrected chi connectivity index (χ1v) is 9.35. The van der Waals surface area contributed by atoms with Gasteiger partial charge in [-0.05, 0) is 42.3 Å². The van der Waals surface area contributed by atoms with E-state index in [0.717, 1.165) is 12.2 Å². The Bertz CT molecular complexity index is 816. The number of aromatic nitrogens is 1. The summed E-state index contributed by atoms with van der Waals surface area (Å²) in [6, 6.07) is 9.28. The van der Waals surface area contributed by atoms with Gasteiger partial charge in [-0.25, -0.2) is 13.4 Å². The van der Waals surface area contributed by atoms with Crippen molar-refractivity contribution in [3.8, 4) is 0 Å². The van der Waals surface area contributed by atoms with Crippen LogP contribution in [0.5, 0.6) is 0 Å². The predicted octanol–water partition coefficient (Wildman–Crippen LogP) is 2.91. The number of rotatable bonds is 7. The van der Waals surface area contributed by atoms with Gasteiger partial charge in [-0.1, -0.05) is 13.8 Å². The molecule has 0 saturated carbocycles. The van der Waals surface area contributed by atoms with Gasteiger partial charge in [-0.2, -0.15) is 0 Å². The molecule has 0 atom stereocenters. The van der Waals surface area contributed by atoms with E-state index in [1.807, 2.05) is 0 Å². The van der Waals surface area contributed by atoms with E-state index in [9.17, 15) is 13.2 Å². The lowest BCUT2D eigenvalue weighted by Gasteiger charge is -2.11. The van der Waals surface area contributed by atoms with Gasteiger partial charge in [0.25, 0.3) is 10.0 Å². The number of anilines is 3.